The Balaban J connectivity index is 1.76. The van der Waals surface area contributed by atoms with E-state index in [0.717, 1.165) is 12.8 Å². The van der Waals surface area contributed by atoms with Crippen LogP contribution in [0.1, 0.15) is 33.6 Å². The van der Waals surface area contributed by atoms with Gasteiger partial charge in [0.1, 0.15) is 5.75 Å². The van der Waals surface area contributed by atoms with Gasteiger partial charge in [-0.1, -0.05) is 6.92 Å². The Labute approximate surface area is 190 Å². The molecule has 0 aliphatic carbocycles. The van der Waals surface area contributed by atoms with E-state index in [-0.39, 0.29) is 10.8 Å². The minimum absolute atomic E-state index is 0.234. The van der Waals surface area contributed by atoms with Crippen LogP contribution in [0.3, 0.4) is 0 Å². The van der Waals surface area contributed by atoms with Gasteiger partial charge < -0.3 is 19.3 Å². The molecule has 3 rings (SSSR count). The van der Waals surface area contributed by atoms with E-state index in [2.05, 4.69) is 6.92 Å². The second-order valence-electron chi connectivity index (χ2n) is 8.51. The second-order valence-corrected chi connectivity index (χ2v) is 10.4. The highest BCUT2D eigenvalue weighted by molar-refractivity contribution is 7.89. The quantitative estimate of drug-likeness (QED) is 0.588. The van der Waals surface area contributed by atoms with Crippen LogP contribution < -0.4 is 9.64 Å². The lowest BCUT2D eigenvalue weighted by atomic mass is 10.0. The Morgan fingerprint density at radius 1 is 1.12 bits per heavy atom. The van der Waals surface area contributed by atoms with Crippen LogP contribution in [0.25, 0.3) is 0 Å². The summed E-state index contributed by atoms with van der Waals surface area (Å²) in [5.74, 6) is 0.206. The molecule has 2 atom stereocenters. The first-order chi connectivity index (χ1) is 15.1. The first-order valence-electron chi connectivity index (χ1n) is 11.0. The minimum Gasteiger partial charge on any atom is -0.495 e. The molecule has 0 aromatic heterocycles. The molecule has 0 saturated carbocycles. The van der Waals surface area contributed by atoms with Crippen LogP contribution >= 0.6 is 0 Å². The zero-order valence-corrected chi connectivity index (χ0v) is 20.1. The van der Waals surface area contributed by atoms with Crippen molar-refractivity contribution in [1.82, 2.24) is 9.21 Å². The maximum absolute atomic E-state index is 13.2. The normalized spacial score (nSPS) is 21.2. The molecule has 2 aliphatic rings. The molecule has 2 saturated heterocycles. The zero-order valence-electron chi connectivity index (χ0n) is 19.2. The van der Waals surface area contributed by atoms with Crippen LogP contribution in [0.5, 0.6) is 5.75 Å². The first kappa shape index (κ1) is 24.3. The largest absolute Gasteiger partial charge is 0.495 e. The van der Waals surface area contributed by atoms with Crippen molar-refractivity contribution in [2.75, 3.05) is 51.3 Å². The number of benzene rings is 1. The molecule has 10 heteroatoms. The van der Waals surface area contributed by atoms with Crippen LogP contribution in [-0.4, -0.2) is 82.0 Å². The molecule has 32 heavy (non-hydrogen) atoms. The van der Waals surface area contributed by atoms with Gasteiger partial charge in [-0.05, 0) is 43.9 Å². The van der Waals surface area contributed by atoms with Crippen molar-refractivity contribution in [3.63, 3.8) is 0 Å². The predicted octanol–water partition coefficient (Wildman–Crippen LogP) is 1.72. The van der Waals surface area contributed by atoms with Crippen molar-refractivity contribution < 1.29 is 27.5 Å². The van der Waals surface area contributed by atoms with Gasteiger partial charge >= 0.3 is 5.97 Å². The number of piperazine rings is 1. The monoisotopic (exact) mass is 467 g/mol. The number of esters is 1. The summed E-state index contributed by atoms with van der Waals surface area (Å²) in [6.45, 7) is 7.89. The SMILES string of the molecule is COc1ccc(S(=O)(=O)N2CCC[C@@H](C)C2)cc1N1CCN(C(=O)[C@H](C)OC(C)=O)CC1. The second kappa shape index (κ2) is 10.1. The van der Waals surface area contributed by atoms with Gasteiger partial charge in [0.25, 0.3) is 5.91 Å². The van der Waals surface area contributed by atoms with Crippen molar-refractivity contribution >= 4 is 27.6 Å². The Bertz CT molecular complexity index is 943. The average molecular weight is 468 g/mol. The summed E-state index contributed by atoms with van der Waals surface area (Å²) in [5.41, 5.74) is 0.693. The van der Waals surface area contributed by atoms with Crippen LogP contribution in [0.2, 0.25) is 0 Å². The van der Waals surface area contributed by atoms with Crippen LogP contribution in [0.15, 0.2) is 23.1 Å². The smallest absolute Gasteiger partial charge is 0.303 e. The lowest BCUT2D eigenvalue weighted by molar-refractivity contribution is -0.157. The highest BCUT2D eigenvalue weighted by atomic mass is 32.2. The number of hydrogen-bond donors (Lipinski definition) is 0. The number of sulfonamides is 1. The molecule has 0 spiro atoms. The lowest BCUT2D eigenvalue weighted by Crippen LogP contribution is -2.51. The maximum atomic E-state index is 13.2. The Hall–Kier alpha value is -2.33. The van der Waals surface area contributed by atoms with E-state index in [9.17, 15) is 18.0 Å². The summed E-state index contributed by atoms with van der Waals surface area (Å²) in [6.07, 6.45) is 1.08. The molecule has 9 nitrogen and oxygen atoms in total. The van der Waals surface area contributed by atoms with E-state index in [1.54, 1.807) is 41.4 Å². The number of anilines is 1. The van der Waals surface area contributed by atoms with Crippen molar-refractivity contribution in [2.24, 2.45) is 5.92 Å². The summed E-state index contributed by atoms with van der Waals surface area (Å²) in [6, 6.07) is 4.96. The van der Waals surface area contributed by atoms with Gasteiger partial charge in [-0.25, -0.2) is 8.42 Å². The van der Waals surface area contributed by atoms with E-state index in [0.29, 0.717) is 56.6 Å². The van der Waals surface area contributed by atoms with Crippen LogP contribution in [-0.2, 0) is 24.3 Å². The molecule has 1 aromatic rings. The molecule has 1 aromatic carbocycles. The summed E-state index contributed by atoms with van der Waals surface area (Å²) >= 11 is 0. The van der Waals surface area contributed by atoms with E-state index in [1.807, 2.05) is 4.90 Å². The van der Waals surface area contributed by atoms with E-state index in [4.69, 9.17) is 9.47 Å². The molecule has 1 amide bonds. The molecule has 0 radical (unpaired) electrons. The van der Waals surface area contributed by atoms with Crippen molar-refractivity contribution in [1.29, 1.82) is 0 Å². The summed E-state index contributed by atoms with van der Waals surface area (Å²) in [7, 11) is -2.03. The fraction of sp³-hybridized carbons (Fsp3) is 0.636. The van der Waals surface area contributed by atoms with E-state index in [1.165, 1.54) is 6.92 Å². The Morgan fingerprint density at radius 2 is 1.81 bits per heavy atom. The molecule has 2 aliphatic heterocycles. The number of ether oxygens (including phenoxy) is 2. The Kier molecular flexibility index (Phi) is 7.66. The van der Waals surface area contributed by atoms with Crippen molar-refractivity contribution in [2.45, 2.75) is 44.6 Å². The fourth-order valence-corrected chi connectivity index (χ4v) is 5.93. The third-order valence-corrected chi connectivity index (χ3v) is 7.89. The fourth-order valence-electron chi connectivity index (χ4n) is 4.32. The third kappa shape index (κ3) is 5.35. The number of rotatable bonds is 6. The molecule has 2 heterocycles. The number of methoxy groups -OCH3 is 1. The number of carbonyl (C=O) groups is 2. The van der Waals surface area contributed by atoms with Gasteiger partial charge in [-0.15, -0.1) is 0 Å². The van der Waals surface area contributed by atoms with Gasteiger partial charge in [-0.2, -0.15) is 4.31 Å². The highest BCUT2D eigenvalue weighted by Gasteiger charge is 2.31. The predicted molar refractivity (Wildman–Crippen MR) is 120 cm³/mol. The molecular weight excluding hydrogens is 434 g/mol. The molecule has 0 N–H and O–H groups in total. The minimum atomic E-state index is -3.59. The number of carbonyl (C=O) groups excluding carboxylic acids is 2. The first-order valence-corrected chi connectivity index (χ1v) is 12.5. The maximum Gasteiger partial charge on any atom is 0.303 e. The number of piperidine rings is 1. The van der Waals surface area contributed by atoms with Gasteiger partial charge in [-0.3, -0.25) is 9.59 Å². The van der Waals surface area contributed by atoms with Gasteiger partial charge in [0.05, 0.1) is 17.7 Å². The molecule has 2 fully saturated rings. The number of hydrogen-bond acceptors (Lipinski definition) is 7. The van der Waals surface area contributed by atoms with Crippen LogP contribution in [0.4, 0.5) is 5.69 Å². The van der Waals surface area contributed by atoms with Gasteiger partial charge in [0.2, 0.25) is 10.0 Å². The van der Waals surface area contributed by atoms with E-state index >= 15 is 0 Å². The topological polar surface area (TPSA) is 96.5 Å². The number of amides is 1. The highest BCUT2D eigenvalue weighted by Crippen LogP contribution is 2.33. The van der Waals surface area contributed by atoms with E-state index < -0.39 is 22.1 Å². The standard InChI is InChI=1S/C22H33N3O6S/c1-16-6-5-9-25(15-16)32(28,29)19-7-8-21(30-4)20(14-19)23-10-12-24(13-11-23)22(27)17(2)31-18(3)26/h7-8,14,16-17H,5-6,9-13,15H2,1-4H3/t16-,17+/m1/s1. The summed E-state index contributed by atoms with van der Waals surface area (Å²) < 4.78 is 38.6. The van der Waals surface area contributed by atoms with Crippen molar-refractivity contribution in [3.05, 3.63) is 18.2 Å². The summed E-state index contributed by atoms with van der Waals surface area (Å²) in [4.78, 5) is 27.6. The zero-order chi connectivity index (χ0) is 23.5. The van der Waals surface area contributed by atoms with Gasteiger partial charge in [0, 0.05) is 46.2 Å². The molecule has 0 bridgehead atoms. The van der Waals surface area contributed by atoms with Gasteiger partial charge in [0.15, 0.2) is 6.10 Å². The molecule has 0 unspecified atom stereocenters. The van der Waals surface area contributed by atoms with Crippen LogP contribution in [0, 0.1) is 5.92 Å². The average Bonchev–Trinajstić information content (AvgIpc) is 2.77. The summed E-state index contributed by atoms with van der Waals surface area (Å²) in [5, 5.41) is 0. The number of nitrogens with zero attached hydrogens (tertiary/aromatic N) is 3. The Morgan fingerprint density at radius 3 is 2.41 bits per heavy atom. The third-order valence-electron chi connectivity index (χ3n) is 6.03. The molecular formula is C22H33N3O6S. The lowest BCUT2D eigenvalue weighted by Gasteiger charge is -2.37. The van der Waals surface area contributed by atoms with Crippen molar-refractivity contribution in [3.8, 4) is 5.75 Å². The molecule has 178 valence electrons.